The number of unbranched alkanes of at least 4 members (excludes halogenated alkanes) is 1. The van der Waals surface area contributed by atoms with E-state index < -0.39 is 11.6 Å². The molecule has 0 atom stereocenters. The van der Waals surface area contributed by atoms with E-state index in [2.05, 4.69) is 42.7 Å². The molecule has 14 heteroatoms. The molecule has 0 aliphatic carbocycles. The molecule has 0 saturated heterocycles. The lowest BCUT2D eigenvalue weighted by Gasteiger charge is -2.23. The highest BCUT2D eigenvalue weighted by Gasteiger charge is 2.08. The minimum atomic E-state index is -0.429. The minimum absolute atomic E-state index is 0.119. The zero-order chi connectivity index (χ0) is 34.2. The zero-order valence-electron chi connectivity index (χ0n) is 28.2. The first-order chi connectivity index (χ1) is 23.5. The van der Waals surface area contributed by atoms with Crippen molar-refractivity contribution in [2.45, 2.75) is 32.6 Å². The maximum absolute atomic E-state index is 12.5. The Bertz CT molecular complexity index is 1400. The summed E-state index contributed by atoms with van der Waals surface area (Å²) in [6, 6.07) is 16.3. The predicted molar refractivity (Wildman–Crippen MR) is 185 cm³/mol. The van der Waals surface area contributed by atoms with Crippen LogP contribution >= 0.6 is 0 Å². The van der Waals surface area contributed by atoms with Crippen LogP contribution in [-0.4, -0.2) is 96.1 Å². The van der Waals surface area contributed by atoms with Gasteiger partial charge in [-0.05, 0) is 81.1 Å². The van der Waals surface area contributed by atoms with Gasteiger partial charge in [0.2, 0.25) is 5.95 Å². The number of azo groups is 1. The van der Waals surface area contributed by atoms with Gasteiger partial charge in [-0.3, -0.25) is 10.1 Å². The van der Waals surface area contributed by atoms with E-state index in [4.69, 9.17) is 23.7 Å². The number of ether oxygens (including phenoxy) is 5. The normalized spacial score (nSPS) is 11.1. The second kappa shape index (κ2) is 23.0. The number of hydrogen-bond acceptors (Lipinski definition) is 11. The number of aryl methyl sites for hydroxylation is 1. The van der Waals surface area contributed by atoms with E-state index in [1.165, 1.54) is 6.07 Å². The molecule has 262 valence electrons. The van der Waals surface area contributed by atoms with Crippen molar-refractivity contribution < 1.29 is 28.5 Å². The summed E-state index contributed by atoms with van der Waals surface area (Å²) in [6.45, 7) is 7.88. The Kier molecular flexibility index (Phi) is 18.3. The van der Waals surface area contributed by atoms with Crippen molar-refractivity contribution in [1.82, 2.24) is 15.3 Å². The van der Waals surface area contributed by atoms with Crippen LogP contribution in [0.4, 0.5) is 27.8 Å². The molecule has 14 nitrogen and oxygen atoms in total. The van der Waals surface area contributed by atoms with Crippen LogP contribution in [-0.2, 0) is 25.4 Å². The average molecular weight is 668 g/mol. The molecule has 0 spiro atoms. The smallest absolute Gasteiger partial charge is 0.321 e. The highest BCUT2D eigenvalue weighted by Crippen LogP contribution is 2.23. The first-order valence-electron chi connectivity index (χ1n) is 16.3. The fourth-order valence-electron chi connectivity index (χ4n) is 4.49. The molecule has 0 aliphatic heterocycles. The quantitative estimate of drug-likeness (QED) is 0.0856. The number of benzene rings is 2. The Labute approximate surface area is 282 Å². The van der Waals surface area contributed by atoms with Crippen molar-refractivity contribution in [2.75, 3.05) is 90.3 Å². The van der Waals surface area contributed by atoms with E-state index in [-0.39, 0.29) is 5.95 Å². The third kappa shape index (κ3) is 15.5. The van der Waals surface area contributed by atoms with E-state index >= 15 is 0 Å². The maximum atomic E-state index is 12.5. The van der Waals surface area contributed by atoms with Crippen LogP contribution in [0.5, 0.6) is 5.75 Å². The van der Waals surface area contributed by atoms with Crippen LogP contribution in [0.3, 0.4) is 0 Å². The van der Waals surface area contributed by atoms with Gasteiger partial charge in [0.05, 0.1) is 58.1 Å². The van der Waals surface area contributed by atoms with Crippen molar-refractivity contribution in [3.63, 3.8) is 0 Å². The molecule has 0 radical (unpaired) electrons. The highest BCUT2D eigenvalue weighted by molar-refractivity contribution is 5.87. The number of aromatic nitrogens is 2. The number of H-pyrrole nitrogens is 1. The zero-order valence-corrected chi connectivity index (χ0v) is 28.2. The van der Waals surface area contributed by atoms with Crippen molar-refractivity contribution in [3.8, 4) is 5.75 Å². The number of anilines is 2. The molecule has 3 aromatic rings. The van der Waals surface area contributed by atoms with Crippen LogP contribution in [0.1, 0.15) is 31.9 Å². The Balaban J connectivity index is 1.30. The number of nitrogens with zero attached hydrogens (tertiary/aromatic N) is 4. The molecule has 0 bridgehead atoms. The third-order valence-electron chi connectivity index (χ3n) is 7.03. The summed E-state index contributed by atoms with van der Waals surface area (Å²) in [6.07, 6.45) is 2.99. The number of carbonyl (C=O) groups excluding carboxylic acids is 1. The van der Waals surface area contributed by atoms with Crippen molar-refractivity contribution >= 4 is 29.0 Å². The van der Waals surface area contributed by atoms with E-state index in [1.807, 2.05) is 48.5 Å². The fraction of sp³-hybridized carbons (Fsp3) is 0.500. The molecule has 0 aliphatic rings. The number of aromatic amines is 1. The number of urea groups is 1. The first kappa shape index (κ1) is 38.1. The summed E-state index contributed by atoms with van der Waals surface area (Å²) in [4.78, 5) is 33.7. The largest absolute Gasteiger partial charge is 0.497 e. The van der Waals surface area contributed by atoms with Crippen LogP contribution in [0, 0.1) is 0 Å². The second-order valence-electron chi connectivity index (χ2n) is 10.6. The topological polar surface area (TPSA) is 161 Å². The molecule has 3 N–H and O–H groups in total. The van der Waals surface area contributed by atoms with E-state index in [0.717, 1.165) is 55.2 Å². The molecule has 2 aromatic carbocycles. The van der Waals surface area contributed by atoms with Gasteiger partial charge in [0.15, 0.2) is 0 Å². The fourth-order valence-corrected chi connectivity index (χ4v) is 4.49. The molecule has 0 saturated carbocycles. The SMILES string of the molecule is CCN(CCCNC(=O)Nc1nc(=O)cc(CCCCOCCOCCOCCOC)[nH]1)c1ccc(/N=N/c2ccc(OC)cc2)cc1. The summed E-state index contributed by atoms with van der Waals surface area (Å²) >= 11 is 0. The van der Waals surface area contributed by atoms with E-state index in [9.17, 15) is 9.59 Å². The van der Waals surface area contributed by atoms with Gasteiger partial charge in [-0.25, -0.2) is 4.79 Å². The van der Waals surface area contributed by atoms with Crippen LogP contribution in [0.2, 0.25) is 0 Å². The second-order valence-corrected chi connectivity index (χ2v) is 10.6. The van der Waals surface area contributed by atoms with Crippen molar-refractivity contribution in [3.05, 3.63) is 70.6 Å². The number of carbonyl (C=O) groups is 1. The summed E-state index contributed by atoms with van der Waals surface area (Å²) in [7, 11) is 3.26. The number of nitrogens with one attached hydrogen (secondary N) is 3. The van der Waals surface area contributed by atoms with Crippen LogP contribution in [0.25, 0.3) is 0 Å². The molecule has 0 fully saturated rings. The van der Waals surface area contributed by atoms with Gasteiger partial charge in [0.25, 0.3) is 5.56 Å². The molecule has 48 heavy (non-hydrogen) atoms. The van der Waals surface area contributed by atoms with Gasteiger partial charge in [-0.2, -0.15) is 15.2 Å². The lowest BCUT2D eigenvalue weighted by atomic mass is 10.2. The Morgan fingerprint density at radius 1 is 0.833 bits per heavy atom. The van der Waals surface area contributed by atoms with Crippen LogP contribution < -0.4 is 25.8 Å². The molecular formula is C34H49N7O7. The van der Waals surface area contributed by atoms with E-state index in [1.54, 1.807) is 14.2 Å². The first-order valence-corrected chi connectivity index (χ1v) is 16.3. The lowest BCUT2D eigenvalue weighted by molar-refractivity contribution is 0.00328. The lowest BCUT2D eigenvalue weighted by Crippen LogP contribution is -2.33. The van der Waals surface area contributed by atoms with Crippen molar-refractivity contribution in [2.24, 2.45) is 10.2 Å². The van der Waals surface area contributed by atoms with Gasteiger partial charge in [0, 0.05) is 50.8 Å². The van der Waals surface area contributed by atoms with E-state index in [0.29, 0.717) is 64.9 Å². The summed E-state index contributed by atoms with van der Waals surface area (Å²) in [5, 5.41) is 14.1. The van der Waals surface area contributed by atoms with Gasteiger partial charge in [-0.15, -0.1) is 0 Å². The van der Waals surface area contributed by atoms with Crippen molar-refractivity contribution in [1.29, 1.82) is 0 Å². The Morgan fingerprint density at radius 3 is 2.08 bits per heavy atom. The third-order valence-corrected chi connectivity index (χ3v) is 7.03. The van der Waals surface area contributed by atoms with Gasteiger partial charge in [0.1, 0.15) is 5.75 Å². The maximum Gasteiger partial charge on any atom is 0.321 e. The predicted octanol–water partition coefficient (Wildman–Crippen LogP) is 5.25. The number of rotatable bonds is 24. The molecule has 3 rings (SSSR count). The standard InChI is InChI=1S/C34H49N7O7/c1-4-41(30-13-9-27(10-14-30)39-40-28-11-15-31(45-3)16-12-28)18-7-17-35-34(43)38-33-36-29(26-32(42)37-33)8-5-6-19-46-22-23-48-25-24-47-21-20-44-2/h9-16,26H,4-8,17-25H2,1-3H3,(H3,35,36,37,38,42,43)/b40-39+. The Hall–Kier alpha value is -4.37. The molecule has 0 unspecified atom stereocenters. The summed E-state index contributed by atoms with van der Waals surface area (Å²) in [5.41, 5.74) is 2.84. The molecular weight excluding hydrogens is 618 g/mol. The van der Waals surface area contributed by atoms with Gasteiger partial charge >= 0.3 is 6.03 Å². The summed E-state index contributed by atoms with van der Waals surface area (Å²) in [5.74, 6) is 0.890. The number of methoxy groups -OCH3 is 2. The number of hydrogen-bond donors (Lipinski definition) is 3. The van der Waals surface area contributed by atoms with Gasteiger partial charge < -0.3 is 38.9 Å². The molecule has 1 heterocycles. The highest BCUT2D eigenvalue weighted by atomic mass is 16.6. The average Bonchev–Trinajstić information content (AvgIpc) is 3.09. The van der Waals surface area contributed by atoms with Gasteiger partial charge in [-0.1, -0.05) is 0 Å². The molecule has 1 aromatic heterocycles. The summed E-state index contributed by atoms with van der Waals surface area (Å²) < 4.78 is 26.5. The van der Waals surface area contributed by atoms with Crippen LogP contribution in [0.15, 0.2) is 69.6 Å². The Morgan fingerprint density at radius 2 is 1.46 bits per heavy atom. The minimum Gasteiger partial charge on any atom is -0.497 e. The monoisotopic (exact) mass is 667 g/mol. The molecule has 2 amide bonds. The number of amides is 2.